The van der Waals surface area contributed by atoms with Crippen LogP contribution in [-0.2, 0) is 16.0 Å². The van der Waals surface area contributed by atoms with Gasteiger partial charge < -0.3 is 10.1 Å². The summed E-state index contributed by atoms with van der Waals surface area (Å²) < 4.78 is 7.37. The first kappa shape index (κ1) is 21.0. The minimum Gasteiger partial charge on any atom is -0.379 e. The maximum atomic E-state index is 12.7. The van der Waals surface area contributed by atoms with Crippen LogP contribution in [0.4, 0.5) is 0 Å². The molecule has 0 spiro atoms. The van der Waals surface area contributed by atoms with E-state index >= 15 is 0 Å². The minimum atomic E-state index is 0.0698. The molecule has 8 heteroatoms. The Morgan fingerprint density at radius 1 is 1.30 bits per heavy atom. The predicted molar refractivity (Wildman–Crippen MR) is 118 cm³/mol. The third kappa shape index (κ3) is 4.55. The van der Waals surface area contributed by atoms with Gasteiger partial charge in [-0.05, 0) is 44.2 Å². The van der Waals surface area contributed by atoms with E-state index in [-0.39, 0.29) is 11.9 Å². The lowest BCUT2D eigenvalue weighted by Gasteiger charge is -2.34. The number of amides is 1. The van der Waals surface area contributed by atoms with Crippen LogP contribution >= 0.6 is 11.3 Å². The van der Waals surface area contributed by atoms with Crippen molar-refractivity contribution in [2.24, 2.45) is 0 Å². The van der Waals surface area contributed by atoms with Crippen molar-refractivity contribution in [3.05, 3.63) is 51.1 Å². The summed E-state index contributed by atoms with van der Waals surface area (Å²) in [7, 11) is 0. The number of rotatable bonds is 7. The van der Waals surface area contributed by atoms with Gasteiger partial charge in [0.05, 0.1) is 24.9 Å². The maximum absolute atomic E-state index is 12.7. The normalized spacial score (nSPS) is 16.1. The van der Waals surface area contributed by atoms with E-state index in [4.69, 9.17) is 4.74 Å². The van der Waals surface area contributed by atoms with Crippen LogP contribution in [0.2, 0.25) is 0 Å². The van der Waals surface area contributed by atoms with Gasteiger partial charge in [0.25, 0.3) is 0 Å². The molecule has 1 aliphatic rings. The number of nitrogens with zero attached hydrogens (tertiary/aromatic N) is 4. The number of ether oxygens (including phenoxy) is 1. The first-order chi connectivity index (χ1) is 14.5. The summed E-state index contributed by atoms with van der Waals surface area (Å²) >= 11 is 1.74. The first-order valence-corrected chi connectivity index (χ1v) is 11.3. The van der Waals surface area contributed by atoms with Gasteiger partial charge in [0, 0.05) is 48.4 Å². The van der Waals surface area contributed by atoms with E-state index in [9.17, 15) is 4.79 Å². The molecule has 1 atom stereocenters. The fourth-order valence-corrected chi connectivity index (χ4v) is 4.98. The Morgan fingerprint density at radius 3 is 2.83 bits per heavy atom. The van der Waals surface area contributed by atoms with E-state index in [0.717, 1.165) is 54.6 Å². The van der Waals surface area contributed by atoms with E-state index in [0.29, 0.717) is 19.4 Å². The average molecular weight is 428 g/mol. The Labute approximate surface area is 181 Å². The largest absolute Gasteiger partial charge is 0.379 e. The zero-order valence-electron chi connectivity index (χ0n) is 17.9. The molecule has 0 bridgehead atoms. The number of morpholine rings is 1. The van der Waals surface area contributed by atoms with Crippen LogP contribution in [0.3, 0.4) is 0 Å². The molecule has 0 aromatic carbocycles. The third-order valence-corrected chi connectivity index (χ3v) is 6.71. The van der Waals surface area contributed by atoms with Crippen molar-refractivity contribution < 1.29 is 9.53 Å². The summed E-state index contributed by atoms with van der Waals surface area (Å²) in [5.74, 6) is 0.0698. The first-order valence-electron chi connectivity index (χ1n) is 10.5. The summed E-state index contributed by atoms with van der Waals surface area (Å²) in [5, 5.41) is 9.78. The summed E-state index contributed by atoms with van der Waals surface area (Å²) in [6, 6.07) is 6.40. The third-order valence-electron chi connectivity index (χ3n) is 5.74. The van der Waals surface area contributed by atoms with Gasteiger partial charge in [-0.15, -0.1) is 11.3 Å². The number of hydrogen-bond acceptors (Lipinski definition) is 6. The van der Waals surface area contributed by atoms with Crippen molar-refractivity contribution in [1.29, 1.82) is 0 Å². The quantitative estimate of drug-likeness (QED) is 0.628. The molecule has 160 valence electrons. The van der Waals surface area contributed by atoms with Crippen LogP contribution in [0.5, 0.6) is 0 Å². The molecule has 1 N–H and O–H groups in total. The zero-order valence-corrected chi connectivity index (χ0v) is 18.7. The van der Waals surface area contributed by atoms with E-state index < -0.39 is 0 Å². The predicted octanol–water partition coefficient (Wildman–Crippen LogP) is 2.84. The summed E-state index contributed by atoms with van der Waals surface area (Å²) in [6.07, 6.45) is 1.10. The van der Waals surface area contributed by atoms with E-state index in [2.05, 4.69) is 37.8 Å². The number of aromatic nitrogens is 3. The van der Waals surface area contributed by atoms with Gasteiger partial charge in [-0.3, -0.25) is 9.69 Å². The van der Waals surface area contributed by atoms with Crippen molar-refractivity contribution in [3.63, 3.8) is 0 Å². The highest BCUT2D eigenvalue weighted by Crippen LogP contribution is 2.25. The van der Waals surface area contributed by atoms with Gasteiger partial charge in [0.1, 0.15) is 0 Å². The van der Waals surface area contributed by atoms with Crippen LogP contribution in [0.15, 0.2) is 23.6 Å². The molecule has 1 amide bonds. The van der Waals surface area contributed by atoms with Crippen LogP contribution < -0.4 is 5.32 Å². The SMILES string of the molecule is Cc1cc2nc(C)c(CCC(=O)NCC(c3cccs3)N3CCOCC3)c(C)n2n1. The molecule has 1 aliphatic heterocycles. The van der Waals surface area contributed by atoms with Gasteiger partial charge in [-0.25, -0.2) is 9.50 Å². The Balaban J connectivity index is 1.39. The molecule has 1 unspecified atom stereocenters. The second-order valence-corrected chi connectivity index (χ2v) is 8.78. The number of fused-ring (bicyclic) bond motifs is 1. The molecular formula is C22H29N5O2S. The number of aryl methyl sites for hydroxylation is 3. The van der Waals surface area contributed by atoms with Crippen molar-refractivity contribution in [3.8, 4) is 0 Å². The number of carbonyl (C=O) groups is 1. The van der Waals surface area contributed by atoms with E-state index in [1.807, 2.05) is 31.4 Å². The lowest BCUT2D eigenvalue weighted by atomic mass is 10.1. The standard InChI is InChI=1S/C22H29N5O2S/c1-15-13-21-24-16(2)18(17(3)27(21)25-15)6-7-22(28)23-14-19(20-5-4-12-30-20)26-8-10-29-11-9-26/h4-5,12-13,19H,6-11,14H2,1-3H3,(H,23,28). The van der Waals surface area contributed by atoms with Crippen molar-refractivity contribution in [2.45, 2.75) is 39.7 Å². The van der Waals surface area contributed by atoms with Crippen molar-refractivity contribution >= 4 is 22.9 Å². The Hall–Kier alpha value is -2.29. The van der Waals surface area contributed by atoms with Crippen molar-refractivity contribution in [2.75, 3.05) is 32.8 Å². The molecule has 0 radical (unpaired) electrons. The molecule has 4 heterocycles. The molecule has 7 nitrogen and oxygen atoms in total. The molecule has 1 fully saturated rings. The average Bonchev–Trinajstić information content (AvgIpc) is 3.38. The zero-order chi connectivity index (χ0) is 21.1. The van der Waals surface area contributed by atoms with Crippen LogP contribution in [-0.4, -0.2) is 58.3 Å². The monoisotopic (exact) mass is 427 g/mol. The van der Waals surface area contributed by atoms with E-state index in [1.54, 1.807) is 11.3 Å². The lowest BCUT2D eigenvalue weighted by molar-refractivity contribution is -0.121. The van der Waals surface area contributed by atoms with Gasteiger partial charge in [0.2, 0.25) is 5.91 Å². The maximum Gasteiger partial charge on any atom is 0.220 e. The van der Waals surface area contributed by atoms with Crippen LogP contribution in [0.25, 0.3) is 5.65 Å². The highest BCUT2D eigenvalue weighted by atomic mass is 32.1. The molecular weight excluding hydrogens is 398 g/mol. The molecule has 30 heavy (non-hydrogen) atoms. The van der Waals surface area contributed by atoms with Crippen LogP contribution in [0, 0.1) is 20.8 Å². The molecule has 3 aromatic rings. The Morgan fingerprint density at radius 2 is 2.10 bits per heavy atom. The highest BCUT2D eigenvalue weighted by molar-refractivity contribution is 7.10. The van der Waals surface area contributed by atoms with Gasteiger partial charge in [0.15, 0.2) is 5.65 Å². The fourth-order valence-electron chi connectivity index (χ4n) is 4.12. The fraction of sp³-hybridized carbons (Fsp3) is 0.500. The topological polar surface area (TPSA) is 71.8 Å². The molecule has 0 saturated carbocycles. The van der Waals surface area contributed by atoms with Gasteiger partial charge >= 0.3 is 0 Å². The molecule has 3 aromatic heterocycles. The van der Waals surface area contributed by atoms with E-state index in [1.165, 1.54) is 4.88 Å². The Bertz CT molecular complexity index is 1010. The molecule has 1 saturated heterocycles. The number of carbonyl (C=O) groups excluding carboxylic acids is 1. The van der Waals surface area contributed by atoms with Crippen LogP contribution in [0.1, 0.15) is 40.0 Å². The summed E-state index contributed by atoms with van der Waals surface area (Å²) in [6.45, 7) is 9.92. The smallest absolute Gasteiger partial charge is 0.220 e. The number of nitrogens with one attached hydrogen (secondary N) is 1. The second-order valence-electron chi connectivity index (χ2n) is 7.80. The summed E-state index contributed by atoms with van der Waals surface area (Å²) in [5.41, 5.74) is 4.94. The molecule has 0 aliphatic carbocycles. The highest BCUT2D eigenvalue weighted by Gasteiger charge is 2.24. The minimum absolute atomic E-state index is 0.0698. The number of hydrogen-bond donors (Lipinski definition) is 1. The Kier molecular flexibility index (Phi) is 6.46. The van der Waals surface area contributed by atoms with Gasteiger partial charge in [-0.2, -0.15) is 5.10 Å². The summed E-state index contributed by atoms with van der Waals surface area (Å²) in [4.78, 5) is 21.0. The van der Waals surface area contributed by atoms with Gasteiger partial charge in [-0.1, -0.05) is 6.07 Å². The van der Waals surface area contributed by atoms with Crippen molar-refractivity contribution in [1.82, 2.24) is 24.8 Å². The molecule has 4 rings (SSSR count). The number of thiophene rings is 1. The second kappa shape index (κ2) is 9.24. The lowest BCUT2D eigenvalue weighted by Crippen LogP contribution is -2.43.